The number of esters is 1. The topological polar surface area (TPSA) is 81.2 Å². The maximum Gasteiger partial charge on any atom is 0.396 e. The lowest BCUT2D eigenvalue weighted by Gasteiger charge is -2.08. The number of hydrogen-bond acceptors (Lipinski definition) is 5. The Hall–Kier alpha value is -2.83. The summed E-state index contributed by atoms with van der Waals surface area (Å²) in [6.07, 6.45) is 0. The smallest absolute Gasteiger partial charge is 0.396 e. The third kappa shape index (κ3) is 4.32. The molecule has 0 aliphatic carbocycles. The molecule has 2 rings (SSSR count). The van der Waals surface area contributed by atoms with Crippen LogP contribution < -0.4 is 5.32 Å². The highest BCUT2D eigenvalue weighted by Gasteiger charge is 2.15. The van der Waals surface area contributed by atoms with Gasteiger partial charge in [0.15, 0.2) is 0 Å². The van der Waals surface area contributed by atoms with Crippen LogP contribution >= 0.6 is 0 Å². The second-order valence-electron chi connectivity index (χ2n) is 4.77. The van der Waals surface area contributed by atoms with E-state index in [1.54, 1.807) is 32.0 Å². The molecule has 0 spiro atoms. The number of nitrogens with zero attached hydrogens (tertiary/aromatic N) is 2. The van der Waals surface area contributed by atoms with Crippen LogP contribution in [0.5, 0.6) is 0 Å². The zero-order valence-electron chi connectivity index (χ0n) is 12.8. The number of nitrogens with one attached hydrogen (secondary N) is 1. The fraction of sp³-hybridized carbons (Fsp3) is 0.250. The van der Waals surface area contributed by atoms with E-state index in [4.69, 9.17) is 0 Å². The molecule has 6 nitrogen and oxygen atoms in total. The molecule has 1 N–H and O–H groups in total. The predicted octanol–water partition coefficient (Wildman–Crippen LogP) is 1.77. The summed E-state index contributed by atoms with van der Waals surface area (Å²) in [5.41, 5.74) is 2.43. The summed E-state index contributed by atoms with van der Waals surface area (Å²) >= 11 is 0. The average Bonchev–Trinajstić information content (AvgIpc) is 2.53. The van der Waals surface area contributed by atoms with Crippen molar-refractivity contribution in [3.8, 4) is 11.3 Å². The van der Waals surface area contributed by atoms with E-state index in [-0.39, 0.29) is 19.0 Å². The summed E-state index contributed by atoms with van der Waals surface area (Å²) in [5, 5.41) is 10.5. The molecule has 0 atom stereocenters. The summed E-state index contributed by atoms with van der Waals surface area (Å²) in [4.78, 5) is 22.7. The highest BCUT2D eigenvalue weighted by Crippen LogP contribution is 2.19. The first-order valence-electron chi connectivity index (χ1n) is 7.05. The minimum Gasteiger partial charge on any atom is -0.459 e. The van der Waals surface area contributed by atoms with Gasteiger partial charge in [0.25, 0.3) is 0 Å². The SMILES string of the molecule is CCOC(=O)C(=O)NCc1nnc(-c2cccc(F)c2)cc1C. The van der Waals surface area contributed by atoms with E-state index in [1.165, 1.54) is 12.1 Å². The molecule has 0 saturated heterocycles. The molecule has 1 aromatic carbocycles. The van der Waals surface area contributed by atoms with Gasteiger partial charge < -0.3 is 10.1 Å². The van der Waals surface area contributed by atoms with Crippen molar-refractivity contribution >= 4 is 11.9 Å². The number of ether oxygens (including phenoxy) is 1. The van der Waals surface area contributed by atoms with E-state index >= 15 is 0 Å². The standard InChI is InChI=1S/C16H16FN3O3/c1-3-23-16(22)15(21)18-9-14-10(2)7-13(19-20-14)11-5-4-6-12(17)8-11/h4-8H,3,9H2,1-2H3,(H,18,21). The van der Waals surface area contributed by atoms with Crippen LogP contribution in [0.15, 0.2) is 30.3 Å². The maximum atomic E-state index is 13.2. The van der Waals surface area contributed by atoms with Crippen molar-refractivity contribution in [3.63, 3.8) is 0 Å². The number of aromatic nitrogens is 2. The third-order valence-corrected chi connectivity index (χ3v) is 3.08. The van der Waals surface area contributed by atoms with Crippen molar-refractivity contribution in [1.29, 1.82) is 0 Å². The second kappa shape index (κ2) is 7.44. The minimum absolute atomic E-state index is 0.0555. The van der Waals surface area contributed by atoms with Crippen molar-refractivity contribution in [1.82, 2.24) is 15.5 Å². The first-order chi connectivity index (χ1) is 11.0. The number of amides is 1. The van der Waals surface area contributed by atoms with Crippen molar-refractivity contribution < 1.29 is 18.7 Å². The Balaban J connectivity index is 2.08. The molecule has 120 valence electrons. The van der Waals surface area contributed by atoms with E-state index in [9.17, 15) is 14.0 Å². The van der Waals surface area contributed by atoms with E-state index in [1.807, 2.05) is 0 Å². The number of rotatable bonds is 4. The van der Waals surface area contributed by atoms with Gasteiger partial charge in [0.2, 0.25) is 0 Å². The Morgan fingerprint density at radius 1 is 1.26 bits per heavy atom. The maximum absolute atomic E-state index is 13.2. The van der Waals surface area contributed by atoms with Gasteiger partial charge in [-0.15, -0.1) is 0 Å². The Kier molecular flexibility index (Phi) is 5.35. The van der Waals surface area contributed by atoms with Crippen LogP contribution in [0.3, 0.4) is 0 Å². The van der Waals surface area contributed by atoms with Crippen LogP contribution in [0.2, 0.25) is 0 Å². The van der Waals surface area contributed by atoms with Crippen molar-refractivity contribution in [3.05, 3.63) is 47.4 Å². The zero-order valence-corrected chi connectivity index (χ0v) is 12.8. The second-order valence-corrected chi connectivity index (χ2v) is 4.77. The Bertz CT molecular complexity index is 734. The molecule has 0 radical (unpaired) electrons. The van der Waals surface area contributed by atoms with Crippen LogP contribution in [0, 0.1) is 12.7 Å². The van der Waals surface area contributed by atoms with Gasteiger partial charge in [-0.25, -0.2) is 9.18 Å². The summed E-state index contributed by atoms with van der Waals surface area (Å²) < 4.78 is 17.8. The van der Waals surface area contributed by atoms with E-state index in [2.05, 4.69) is 20.3 Å². The molecule has 0 unspecified atom stereocenters. The van der Waals surface area contributed by atoms with E-state index in [0.717, 1.165) is 5.56 Å². The normalized spacial score (nSPS) is 10.2. The van der Waals surface area contributed by atoms with Gasteiger partial charge in [-0.2, -0.15) is 10.2 Å². The number of hydrogen-bond donors (Lipinski definition) is 1. The molecular weight excluding hydrogens is 301 g/mol. The fourth-order valence-electron chi connectivity index (χ4n) is 1.91. The molecule has 23 heavy (non-hydrogen) atoms. The summed E-state index contributed by atoms with van der Waals surface area (Å²) in [7, 11) is 0. The van der Waals surface area contributed by atoms with Gasteiger partial charge in [-0.3, -0.25) is 4.79 Å². The zero-order chi connectivity index (χ0) is 16.8. The van der Waals surface area contributed by atoms with Gasteiger partial charge in [0, 0.05) is 5.56 Å². The van der Waals surface area contributed by atoms with Crippen molar-refractivity contribution in [2.45, 2.75) is 20.4 Å². The van der Waals surface area contributed by atoms with Gasteiger partial charge >= 0.3 is 11.9 Å². The first kappa shape index (κ1) is 16.5. The lowest BCUT2D eigenvalue weighted by atomic mass is 10.1. The van der Waals surface area contributed by atoms with Crippen molar-refractivity contribution in [2.24, 2.45) is 0 Å². The van der Waals surface area contributed by atoms with E-state index < -0.39 is 11.9 Å². The average molecular weight is 317 g/mol. The molecule has 0 aliphatic heterocycles. The van der Waals surface area contributed by atoms with Crippen LogP contribution in [0.4, 0.5) is 4.39 Å². The molecule has 0 aliphatic rings. The molecule has 1 heterocycles. The molecule has 1 amide bonds. The number of carbonyl (C=O) groups is 2. The number of aryl methyl sites for hydroxylation is 1. The molecule has 1 aromatic heterocycles. The number of benzene rings is 1. The number of halogens is 1. The quantitative estimate of drug-likeness (QED) is 0.686. The monoisotopic (exact) mass is 317 g/mol. The minimum atomic E-state index is -0.936. The lowest BCUT2D eigenvalue weighted by molar-refractivity contribution is -0.154. The Morgan fingerprint density at radius 2 is 2.04 bits per heavy atom. The number of carbonyl (C=O) groups excluding carboxylic acids is 2. The summed E-state index contributed by atoms with van der Waals surface area (Å²) in [6, 6.07) is 7.78. The first-order valence-corrected chi connectivity index (χ1v) is 7.05. The Labute approximate surface area is 132 Å². The lowest BCUT2D eigenvalue weighted by Crippen LogP contribution is -2.32. The fourth-order valence-corrected chi connectivity index (χ4v) is 1.91. The van der Waals surface area contributed by atoms with Crippen LogP contribution in [0.1, 0.15) is 18.2 Å². The summed E-state index contributed by atoms with van der Waals surface area (Å²) in [6.45, 7) is 3.60. The highest BCUT2D eigenvalue weighted by atomic mass is 19.1. The Morgan fingerprint density at radius 3 is 2.70 bits per heavy atom. The molecule has 7 heteroatoms. The van der Waals surface area contributed by atoms with E-state index in [0.29, 0.717) is 17.0 Å². The molecule has 0 saturated carbocycles. The van der Waals surface area contributed by atoms with Gasteiger partial charge in [0.05, 0.1) is 24.5 Å². The van der Waals surface area contributed by atoms with Gasteiger partial charge in [0.1, 0.15) is 5.82 Å². The molecule has 0 bridgehead atoms. The van der Waals surface area contributed by atoms with Gasteiger partial charge in [-0.05, 0) is 37.6 Å². The summed E-state index contributed by atoms with van der Waals surface area (Å²) in [5.74, 6) is -2.12. The molecular formula is C16H16FN3O3. The highest BCUT2D eigenvalue weighted by molar-refractivity contribution is 6.32. The molecule has 2 aromatic rings. The largest absolute Gasteiger partial charge is 0.459 e. The van der Waals surface area contributed by atoms with Crippen molar-refractivity contribution in [2.75, 3.05) is 6.61 Å². The van der Waals surface area contributed by atoms with Crippen LogP contribution in [-0.4, -0.2) is 28.7 Å². The van der Waals surface area contributed by atoms with Crippen LogP contribution in [-0.2, 0) is 20.9 Å². The third-order valence-electron chi connectivity index (χ3n) is 3.08. The predicted molar refractivity (Wildman–Crippen MR) is 80.6 cm³/mol. The molecule has 0 fully saturated rings. The van der Waals surface area contributed by atoms with Gasteiger partial charge in [-0.1, -0.05) is 12.1 Å². The van der Waals surface area contributed by atoms with Crippen LogP contribution in [0.25, 0.3) is 11.3 Å².